The van der Waals surface area contributed by atoms with Gasteiger partial charge in [-0.15, -0.1) is 0 Å². The first kappa shape index (κ1) is 15.5. The van der Waals surface area contributed by atoms with E-state index >= 15 is 0 Å². The van der Waals surface area contributed by atoms with Crippen molar-refractivity contribution in [2.75, 3.05) is 6.54 Å². The molecule has 0 saturated heterocycles. The molecule has 2 aromatic carbocycles. The van der Waals surface area contributed by atoms with Crippen LogP contribution in [0.3, 0.4) is 0 Å². The van der Waals surface area contributed by atoms with Gasteiger partial charge in [-0.3, -0.25) is 0 Å². The largest absolute Gasteiger partial charge is 0.487 e. The predicted octanol–water partition coefficient (Wildman–Crippen LogP) is 4.73. The van der Waals surface area contributed by atoms with Crippen LogP contribution < -0.4 is 10.5 Å². The second-order valence-corrected chi connectivity index (χ2v) is 5.46. The van der Waals surface area contributed by atoms with Crippen LogP contribution in [0.2, 0.25) is 15.1 Å². The smallest absolute Gasteiger partial charge is 0.141 e. The fraction of sp³-hybridized carbons (Fsp3) is 0.200. The monoisotopic (exact) mass is 329 g/mol. The molecular weight excluding hydrogens is 317 g/mol. The van der Waals surface area contributed by atoms with Gasteiger partial charge in [0.05, 0.1) is 15.1 Å². The minimum Gasteiger partial charge on any atom is -0.487 e. The lowest BCUT2D eigenvalue weighted by atomic mass is 10.1. The van der Waals surface area contributed by atoms with E-state index < -0.39 is 0 Å². The third-order valence-corrected chi connectivity index (χ3v) is 4.02. The van der Waals surface area contributed by atoms with Crippen molar-refractivity contribution in [3.8, 4) is 5.75 Å². The fourth-order valence-corrected chi connectivity index (χ4v) is 2.50. The maximum atomic E-state index is 6.18. The van der Waals surface area contributed by atoms with Gasteiger partial charge in [-0.2, -0.15) is 0 Å². The molecule has 0 unspecified atom stereocenters. The lowest BCUT2D eigenvalue weighted by Gasteiger charge is -2.13. The Hall–Kier alpha value is -0.930. The van der Waals surface area contributed by atoms with Crippen molar-refractivity contribution >= 4 is 34.8 Å². The topological polar surface area (TPSA) is 35.2 Å². The zero-order chi connectivity index (χ0) is 14.5. The zero-order valence-electron chi connectivity index (χ0n) is 10.7. The highest BCUT2D eigenvalue weighted by Crippen LogP contribution is 2.31. The molecule has 5 heteroatoms. The summed E-state index contributed by atoms with van der Waals surface area (Å²) in [5.74, 6) is 0.649. The number of rotatable bonds is 5. The van der Waals surface area contributed by atoms with Crippen molar-refractivity contribution < 1.29 is 4.74 Å². The third kappa shape index (κ3) is 3.58. The fourth-order valence-electron chi connectivity index (χ4n) is 1.88. The van der Waals surface area contributed by atoms with E-state index in [1.54, 1.807) is 12.1 Å². The van der Waals surface area contributed by atoms with Gasteiger partial charge in [-0.05, 0) is 30.7 Å². The highest BCUT2D eigenvalue weighted by atomic mass is 35.5. The molecule has 0 fully saturated rings. The van der Waals surface area contributed by atoms with E-state index in [0.717, 1.165) is 11.1 Å². The van der Waals surface area contributed by atoms with Crippen molar-refractivity contribution in [2.24, 2.45) is 5.73 Å². The summed E-state index contributed by atoms with van der Waals surface area (Å²) in [6, 6.07) is 11.1. The van der Waals surface area contributed by atoms with E-state index in [4.69, 9.17) is 45.3 Å². The Kier molecular flexibility index (Phi) is 5.55. The molecular formula is C15H14Cl3NO. The van der Waals surface area contributed by atoms with Crippen LogP contribution in [-0.2, 0) is 13.0 Å². The van der Waals surface area contributed by atoms with Crippen LogP contribution in [0.4, 0.5) is 0 Å². The summed E-state index contributed by atoms with van der Waals surface area (Å²) in [6.07, 6.45) is 0.708. The molecule has 0 saturated carbocycles. The standard InChI is InChI=1S/C15H14Cl3NO/c16-12-5-2-4-11(14(12)18)9-20-15-10(7-8-19)3-1-6-13(15)17/h1-6H,7-9,19H2. The second-order valence-electron chi connectivity index (χ2n) is 4.27. The Morgan fingerprint density at radius 1 is 0.900 bits per heavy atom. The van der Waals surface area contributed by atoms with E-state index in [1.165, 1.54) is 0 Å². The first-order valence-electron chi connectivity index (χ1n) is 6.16. The molecule has 0 aliphatic rings. The Morgan fingerprint density at radius 2 is 1.55 bits per heavy atom. The highest BCUT2D eigenvalue weighted by Gasteiger charge is 2.10. The first-order chi connectivity index (χ1) is 9.63. The Morgan fingerprint density at radius 3 is 2.25 bits per heavy atom. The molecule has 0 atom stereocenters. The number of para-hydroxylation sites is 1. The number of nitrogens with two attached hydrogens (primary N) is 1. The average molecular weight is 331 g/mol. The summed E-state index contributed by atoms with van der Waals surface area (Å²) in [4.78, 5) is 0. The number of halogens is 3. The SMILES string of the molecule is NCCc1cccc(Cl)c1OCc1cccc(Cl)c1Cl. The van der Waals surface area contributed by atoms with Crippen LogP contribution in [0, 0.1) is 0 Å². The molecule has 0 amide bonds. The highest BCUT2D eigenvalue weighted by molar-refractivity contribution is 6.42. The molecule has 0 bridgehead atoms. The molecule has 0 heterocycles. The first-order valence-corrected chi connectivity index (χ1v) is 7.30. The normalized spacial score (nSPS) is 10.6. The van der Waals surface area contributed by atoms with E-state index in [-0.39, 0.29) is 0 Å². The quantitative estimate of drug-likeness (QED) is 0.860. The molecule has 2 nitrogen and oxygen atoms in total. The number of hydrogen-bond acceptors (Lipinski definition) is 2. The Bertz CT molecular complexity index is 602. The van der Waals surface area contributed by atoms with E-state index in [9.17, 15) is 0 Å². The molecule has 2 N–H and O–H groups in total. The summed E-state index contributed by atoms with van der Waals surface area (Å²) in [7, 11) is 0. The van der Waals surface area contributed by atoms with Crippen LogP contribution in [0.25, 0.3) is 0 Å². The van der Waals surface area contributed by atoms with Crippen LogP contribution in [0.5, 0.6) is 5.75 Å². The van der Waals surface area contributed by atoms with E-state index in [0.29, 0.717) is 40.4 Å². The number of ether oxygens (including phenoxy) is 1. The molecule has 0 aliphatic carbocycles. The number of hydrogen-bond donors (Lipinski definition) is 1. The van der Waals surface area contributed by atoms with Crippen molar-refractivity contribution in [3.05, 3.63) is 62.6 Å². The molecule has 0 aromatic heterocycles. The summed E-state index contributed by atoms with van der Waals surface area (Å²) >= 11 is 18.3. The molecule has 2 aromatic rings. The summed E-state index contributed by atoms with van der Waals surface area (Å²) in [5.41, 5.74) is 7.40. The molecule has 20 heavy (non-hydrogen) atoms. The zero-order valence-corrected chi connectivity index (χ0v) is 13.0. The van der Waals surface area contributed by atoms with Crippen LogP contribution in [0.1, 0.15) is 11.1 Å². The van der Waals surface area contributed by atoms with Gasteiger partial charge in [0.25, 0.3) is 0 Å². The minimum atomic E-state index is 0.306. The van der Waals surface area contributed by atoms with Crippen molar-refractivity contribution in [3.63, 3.8) is 0 Å². The van der Waals surface area contributed by atoms with Crippen molar-refractivity contribution in [2.45, 2.75) is 13.0 Å². The van der Waals surface area contributed by atoms with Gasteiger partial charge in [0.1, 0.15) is 12.4 Å². The molecule has 2 rings (SSSR count). The van der Waals surface area contributed by atoms with Crippen LogP contribution in [-0.4, -0.2) is 6.54 Å². The van der Waals surface area contributed by atoms with Crippen LogP contribution in [0.15, 0.2) is 36.4 Å². The summed E-state index contributed by atoms with van der Waals surface area (Å²) < 4.78 is 5.81. The average Bonchev–Trinajstić information content (AvgIpc) is 2.43. The van der Waals surface area contributed by atoms with Gasteiger partial charge < -0.3 is 10.5 Å². The van der Waals surface area contributed by atoms with Gasteiger partial charge >= 0.3 is 0 Å². The van der Waals surface area contributed by atoms with Gasteiger partial charge in [0, 0.05) is 5.56 Å². The van der Waals surface area contributed by atoms with Gasteiger partial charge in [-0.25, -0.2) is 0 Å². The predicted molar refractivity (Wildman–Crippen MR) is 85.0 cm³/mol. The van der Waals surface area contributed by atoms with Gasteiger partial charge in [0.2, 0.25) is 0 Å². The lowest BCUT2D eigenvalue weighted by molar-refractivity contribution is 0.303. The Labute approximate surface area is 133 Å². The molecule has 106 valence electrons. The van der Waals surface area contributed by atoms with Crippen LogP contribution >= 0.6 is 34.8 Å². The third-order valence-electron chi connectivity index (χ3n) is 2.87. The Balaban J connectivity index is 2.20. The molecule has 0 aliphatic heterocycles. The van der Waals surface area contributed by atoms with Gasteiger partial charge in [-0.1, -0.05) is 59.1 Å². The van der Waals surface area contributed by atoms with Crippen molar-refractivity contribution in [1.29, 1.82) is 0 Å². The molecule has 0 spiro atoms. The lowest BCUT2D eigenvalue weighted by Crippen LogP contribution is -2.06. The second kappa shape index (κ2) is 7.19. The maximum absolute atomic E-state index is 6.18. The van der Waals surface area contributed by atoms with E-state index in [2.05, 4.69) is 0 Å². The van der Waals surface area contributed by atoms with Crippen molar-refractivity contribution in [1.82, 2.24) is 0 Å². The van der Waals surface area contributed by atoms with E-state index in [1.807, 2.05) is 24.3 Å². The maximum Gasteiger partial charge on any atom is 0.141 e. The van der Waals surface area contributed by atoms with Gasteiger partial charge in [0.15, 0.2) is 0 Å². The number of benzene rings is 2. The summed E-state index contributed by atoms with van der Waals surface area (Å²) in [5, 5.41) is 1.57. The summed E-state index contributed by atoms with van der Waals surface area (Å²) in [6.45, 7) is 0.843. The molecule has 0 radical (unpaired) electrons. The minimum absolute atomic E-state index is 0.306.